The van der Waals surface area contributed by atoms with E-state index in [1.807, 2.05) is 0 Å². The summed E-state index contributed by atoms with van der Waals surface area (Å²) in [5.74, 6) is -0.420. The van der Waals surface area contributed by atoms with Crippen LogP contribution in [0, 0.1) is 0 Å². The number of carbonyl (C=O) groups is 1. The first-order valence-corrected chi connectivity index (χ1v) is 3.48. The fraction of sp³-hybridized carbons (Fsp3) is 0.167. The molecule has 4 heteroatoms. The van der Waals surface area contributed by atoms with E-state index in [0.29, 0.717) is 5.56 Å². The molecule has 1 aromatic heterocycles. The lowest BCUT2D eigenvalue weighted by atomic mass is 10.3. The zero-order valence-corrected chi connectivity index (χ0v) is 6.14. The highest BCUT2D eigenvalue weighted by molar-refractivity contribution is 7.12. The van der Waals surface area contributed by atoms with Crippen LogP contribution in [-0.4, -0.2) is 18.2 Å². The molecular weight excluding hydrogens is 152 g/mol. The fourth-order valence-corrected chi connectivity index (χ4v) is 1.16. The van der Waals surface area contributed by atoms with Gasteiger partial charge in [0, 0.05) is 11.4 Å². The van der Waals surface area contributed by atoms with E-state index in [-0.39, 0.29) is 5.06 Å². The Labute approximate surface area is 61.9 Å². The molecule has 0 radical (unpaired) electrons. The number of hydrogen-bond donors (Lipinski definition) is 1. The molecule has 0 amide bonds. The highest BCUT2D eigenvalue weighted by Gasteiger charge is 2.06. The number of esters is 1. The standard InChI is InChI=1S/C6H6O3S/c1-9-6(8)4-2-5(7)10-3-4/h2-3,7H,1H3. The molecule has 1 rings (SSSR count). The van der Waals surface area contributed by atoms with E-state index < -0.39 is 5.97 Å². The van der Waals surface area contributed by atoms with Crippen LogP contribution < -0.4 is 0 Å². The maximum absolute atomic E-state index is 10.7. The Bertz CT molecular complexity index is 241. The van der Waals surface area contributed by atoms with E-state index in [2.05, 4.69) is 4.74 Å². The van der Waals surface area contributed by atoms with Gasteiger partial charge in [-0.2, -0.15) is 0 Å². The van der Waals surface area contributed by atoms with Crippen molar-refractivity contribution in [1.29, 1.82) is 0 Å². The van der Waals surface area contributed by atoms with Crippen molar-refractivity contribution in [1.82, 2.24) is 0 Å². The Morgan fingerprint density at radius 3 is 2.90 bits per heavy atom. The summed E-state index contributed by atoms with van der Waals surface area (Å²) in [6, 6.07) is 1.37. The first-order chi connectivity index (χ1) is 4.74. The molecule has 0 aliphatic heterocycles. The van der Waals surface area contributed by atoms with E-state index in [4.69, 9.17) is 5.11 Å². The van der Waals surface area contributed by atoms with Gasteiger partial charge in [-0.3, -0.25) is 0 Å². The lowest BCUT2D eigenvalue weighted by Crippen LogP contribution is -1.97. The minimum Gasteiger partial charge on any atom is -0.499 e. The van der Waals surface area contributed by atoms with Crippen LogP contribution in [0.4, 0.5) is 0 Å². The van der Waals surface area contributed by atoms with Gasteiger partial charge in [0.05, 0.1) is 12.7 Å². The smallest absolute Gasteiger partial charge is 0.338 e. The lowest BCUT2D eigenvalue weighted by Gasteiger charge is -1.90. The molecule has 0 aromatic carbocycles. The number of methoxy groups -OCH3 is 1. The van der Waals surface area contributed by atoms with Crippen LogP contribution in [0.25, 0.3) is 0 Å². The summed E-state index contributed by atoms with van der Waals surface area (Å²) in [6.45, 7) is 0. The highest BCUT2D eigenvalue weighted by Crippen LogP contribution is 2.20. The van der Waals surface area contributed by atoms with Gasteiger partial charge in [0.25, 0.3) is 0 Å². The van der Waals surface area contributed by atoms with Crippen molar-refractivity contribution in [2.45, 2.75) is 0 Å². The van der Waals surface area contributed by atoms with Crippen LogP contribution in [0.1, 0.15) is 10.4 Å². The molecule has 10 heavy (non-hydrogen) atoms. The van der Waals surface area contributed by atoms with Gasteiger partial charge in [-0.05, 0) is 0 Å². The molecule has 0 bridgehead atoms. The van der Waals surface area contributed by atoms with Crippen LogP contribution in [0.5, 0.6) is 5.06 Å². The van der Waals surface area contributed by atoms with Crippen LogP contribution in [0.3, 0.4) is 0 Å². The maximum atomic E-state index is 10.7. The fourth-order valence-electron chi connectivity index (χ4n) is 0.550. The average Bonchev–Trinajstić information content (AvgIpc) is 2.34. The van der Waals surface area contributed by atoms with Crippen molar-refractivity contribution in [3.63, 3.8) is 0 Å². The zero-order valence-electron chi connectivity index (χ0n) is 5.33. The molecular formula is C6H6O3S. The number of carbonyl (C=O) groups excluding carboxylic acids is 1. The molecule has 0 atom stereocenters. The summed E-state index contributed by atoms with van der Waals surface area (Å²) < 4.78 is 4.41. The van der Waals surface area contributed by atoms with Gasteiger partial charge in [-0.25, -0.2) is 4.79 Å². The SMILES string of the molecule is COC(=O)c1csc(O)c1. The second-order valence-electron chi connectivity index (χ2n) is 1.67. The van der Waals surface area contributed by atoms with E-state index in [9.17, 15) is 4.79 Å². The van der Waals surface area contributed by atoms with E-state index in [0.717, 1.165) is 11.3 Å². The Morgan fingerprint density at radius 2 is 2.50 bits per heavy atom. The van der Waals surface area contributed by atoms with Crippen molar-refractivity contribution in [2.75, 3.05) is 7.11 Å². The molecule has 1 N–H and O–H groups in total. The Morgan fingerprint density at radius 1 is 1.80 bits per heavy atom. The van der Waals surface area contributed by atoms with Crippen LogP contribution >= 0.6 is 11.3 Å². The van der Waals surface area contributed by atoms with Gasteiger partial charge in [0.15, 0.2) is 5.06 Å². The first-order valence-electron chi connectivity index (χ1n) is 2.60. The molecule has 0 fully saturated rings. The molecule has 0 unspecified atom stereocenters. The quantitative estimate of drug-likeness (QED) is 0.625. The minimum absolute atomic E-state index is 0.125. The van der Waals surface area contributed by atoms with Gasteiger partial charge in [0.1, 0.15) is 0 Å². The molecule has 54 valence electrons. The Hall–Kier alpha value is -1.03. The second kappa shape index (κ2) is 2.70. The third kappa shape index (κ3) is 1.27. The van der Waals surface area contributed by atoms with E-state index in [1.165, 1.54) is 13.2 Å². The average molecular weight is 158 g/mol. The summed E-state index contributed by atoms with van der Waals surface area (Å²) in [4.78, 5) is 10.7. The van der Waals surface area contributed by atoms with Gasteiger partial charge in [-0.15, -0.1) is 11.3 Å². The highest BCUT2D eigenvalue weighted by atomic mass is 32.1. The van der Waals surface area contributed by atoms with Crippen LogP contribution in [-0.2, 0) is 4.74 Å². The number of aromatic hydroxyl groups is 1. The molecule has 0 spiro atoms. The molecule has 1 heterocycles. The third-order valence-corrected chi connectivity index (χ3v) is 1.74. The third-order valence-electron chi connectivity index (χ3n) is 1.01. The summed E-state index contributed by atoms with van der Waals surface area (Å²) in [5, 5.41) is 10.5. The van der Waals surface area contributed by atoms with Gasteiger partial charge in [0.2, 0.25) is 0 Å². The second-order valence-corrected chi connectivity index (χ2v) is 2.55. The number of hydrogen-bond acceptors (Lipinski definition) is 4. The van der Waals surface area contributed by atoms with Crippen molar-refractivity contribution in [2.24, 2.45) is 0 Å². The normalized spacial score (nSPS) is 9.30. The number of thiophene rings is 1. The van der Waals surface area contributed by atoms with Crippen LogP contribution in [0.15, 0.2) is 11.4 Å². The van der Waals surface area contributed by atoms with Gasteiger partial charge >= 0.3 is 5.97 Å². The minimum atomic E-state index is -0.420. The van der Waals surface area contributed by atoms with Crippen molar-refractivity contribution in [3.8, 4) is 5.06 Å². The Kier molecular flexibility index (Phi) is 1.91. The van der Waals surface area contributed by atoms with Crippen LogP contribution in [0.2, 0.25) is 0 Å². The number of rotatable bonds is 1. The predicted molar refractivity (Wildman–Crippen MR) is 37.3 cm³/mol. The lowest BCUT2D eigenvalue weighted by molar-refractivity contribution is 0.0601. The van der Waals surface area contributed by atoms with E-state index in [1.54, 1.807) is 5.38 Å². The summed E-state index contributed by atoms with van der Waals surface area (Å²) >= 11 is 1.10. The van der Waals surface area contributed by atoms with Crippen molar-refractivity contribution >= 4 is 17.3 Å². The van der Waals surface area contributed by atoms with E-state index >= 15 is 0 Å². The molecule has 1 aromatic rings. The molecule has 0 saturated heterocycles. The van der Waals surface area contributed by atoms with Crippen molar-refractivity contribution in [3.05, 3.63) is 17.0 Å². The predicted octanol–water partition coefficient (Wildman–Crippen LogP) is 1.24. The molecule has 0 saturated carbocycles. The topological polar surface area (TPSA) is 46.5 Å². The van der Waals surface area contributed by atoms with Gasteiger partial charge < -0.3 is 9.84 Å². The summed E-state index contributed by atoms with van der Waals surface area (Å²) in [6.07, 6.45) is 0. The zero-order chi connectivity index (χ0) is 7.56. The molecule has 0 aliphatic rings. The number of ether oxygens (including phenoxy) is 1. The monoisotopic (exact) mass is 158 g/mol. The first kappa shape index (κ1) is 7.08. The Balaban J connectivity index is 2.85. The summed E-state index contributed by atoms with van der Waals surface area (Å²) in [5.41, 5.74) is 0.394. The van der Waals surface area contributed by atoms with Crippen molar-refractivity contribution < 1.29 is 14.6 Å². The molecule has 3 nitrogen and oxygen atoms in total. The summed E-state index contributed by atoms with van der Waals surface area (Å²) in [7, 11) is 1.30. The largest absolute Gasteiger partial charge is 0.499 e. The maximum Gasteiger partial charge on any atom is 0.338 e. The van der Waals surface area contributed by atoms with Gasteiger partial charge in [-0.1, -0.05) is 0 Å². The molecule has 0 aliphatic carbocycles.